The Kier molecular flexibility index (Phi) is 7.39. The summed E-state index contributed by atoms with van der Waals surface area (Å²) in [6.07, 6.45) is 0. The maximum Gasteiger partial charge on any atom is 0.256 e. The molecule has 5 rings (SSSR count). The number of ether oxygens (including phenoxy) is 2. The highest BCUT2D eigenvalue weighted by atomic mass is 32.2. The number of morpholine rings is 1. The summed E-state index contributed by atoms with van der Waals surface area (Å²) in [4.78, 5) is 32.6. The van der Waals surface area contributed by atoms with E-state index in [0.717, 1.165) is 48.2 Å². The molecule has 0 aliphatic carbocycles. The summed E-state index contributed by atoms with van der Waals surface area (Å²) in [6.45, 7) is 5.29. The van der Waals surface area contributed by atoms with E-state index < -0.39 is 5.54 Å². The van der Waals surface area contributed by atoms with Gasteiger partial charge in [0.05, 0.1) is 25.9 Å². The van der Waals surface area contributed by atoms with E-state index in [2.05, 4.69) is 10.2 Å². The molecule has 37 heavy (non-hydrogen) atoms. The van der Waals surface area contributed by atoms with Crippen molar-refractivity contribution < 1.29 is 19.1 Å². The molecule has 2 aliphatic rings. The predicted octanol–water partition coefficient (Wildman–Crippen LogP) is 4.68. The second-order valence-corrected chi connectivity index (χ2v) is 10.4. The van der Waals surface area contributed by atoms with E-state index in [4.69, 9.17) is 9.47 Å². The fourth-order valence-corrected chi connectivity index (χ4v) is 5.83. The molecule has 8 heteroatoms. The average Bonchev–Trinajstić information content (AvgIpc) is 3.05. The first-order chi connectivity index (χ1) is 18.0. The van der Waals surface area contributed by atoms with E-state index in [0.29, 0.717) is 23.5 Å². The zero-order valence-electron chi connectivity index (χ0n) is 21.1. The lowest BCUT2D eigenvalue weighted by Crippen LogP contribution is -2.57. The standard InChI is InChI=1S/C29H31N3O4S/c1-29(28(34)30-22-9-11-23(12-10-22)31-15-17-36-18-16-31)20-37-26-6-4-3-5-25(26)27(33)32(29)19-21-7-13-24(35-2)14-8-21/h3-14H,15-20H2,1-2H3,(H,30,34). The van der Waals surface area contributed by atoms with Gasteiger partial charge in [-0.3, -0.25) is 9.59 Å². The Labute approximate surface area is 221 Å². The van der Waals surface area contributed by atoms with Crippen molar-refractivity contribution in [3.63, 3.8) is 0 Å². The van der Waals surface area contributed by atoms with Crippen LogP contribution in [0.2, 0.25) is 0 Å². The largest absolute Gasteiger partial charge is 0.497 e. The van der Waals surface area contributed by atoms with Crippen molar-refractivity contribution >= 4 is 35.0 Å². The maximum atomic E-state index is 13.9. The van der Waals surface area contributed by atoms with Gasteiger partial charge in [0.25, 0.3) is 11.8 Å². The molecule has 2 aliphatic heterocycles. The molecule has 192 valence electrons. The van der Waals surface area contributed by atoms with Gasteiger partial charge in [0.2, 0.25) is 0 Å². The van der Waals surface area contributed by atoms with Crippen LogP contribution in [0, 0.1) is 0 Å². The number of fused-ring (bicyclic) bond motifs is 1. The van der Waals surface area contributed by atoms with Gasteiger partial charge in [0.1, 0.15) is 11.3 Å². The first kappa shape index (κ1) is 25.2. The van der Waals surface area contributed by atoms with Crippen LogP contribution >= 0.6 is 11.8 Å². The van der Waals surface area contributed by atoms with Crippen molar-refractivity contribution in [2.75, 3.05) is 49.4 Å². The molecule has 1 unspecified atom stereocenters. The number of carbonyl (C=O) groups is 2. The monoisotopic (exact) mass is 517 g/mol. The summed E-state index contributed by atoms with van der Waals surface area (Å²) in [5.74, 6) is 0.808. The number of nitrogens with zero attached hydrogens (tertiary/aromatic N) is 2. The van der Waals surface area contributed by atoms with Crippen LogP contribution in [0.25, 0.3) is 0 Å². The van der Waals surface area contributed by atoms with Crippen LogP contribution in [0.3, 0.4) is 0 Å². The molecule has 2 heterocycles. The van der Waals surface area contributed by atoms with E-state index in [1.54, 1.807) is 12.0 Å². The van der Waals surface area contributed by atoms with Crippen LogP contribution in [0.15, 0.2) is 77.7 Å². The SMILES string of the molecule is COc1ccc(CN2C(=O)c3ccccc3SCC2(C)C(=O)Nc2ccc(N3CCOCC3)cc2)cc1. The number of benzene rings is 3. The molecule has 0 radical (unpaired) electrons. The first-order valence-corrected chi connectivity index (χ1v) is 13.4. The molecule has 3 aromatic carbocycles. The van der Waals surface area contributed by atoms with Crippen LogP contribution in [0.5, 0.6) is 5.75 Å². The van der Waals surface area contributed by atoms with Gasteiger partial charge >= 0.3 is 0 Å². The summed E-state index contributed by atoms with van der Waals surface area (Å²) in [5, 5.41) is 3.08. The molecule has 0 spiro atoms. The summed E-state index contributed by atoms with van der Waals surface area (Å²) in [6, 6.07) is 23.0. The van der Waals surface area contributed by atoms with Crippen LogP contribution in [0.4, 0.5) is 11.4 Å². The summed E-state index contributed by atoms with van der Waals surface area (Å²) in [7, 11) is 1.62. The highest BCUT2D eigenvalue weighted by Crippen LogP contribution is 2.37. The quantitative estimate of drug-likeness (QED) is 0.512. The maximum absolute atomic E-state index is 13.9. The summed E-state index contributed by atoms with van der Waals surface area (Å²) >= 11 is 1.54. The highest BCUT2D eigenvalue weighted by Gasteiger charge is 2.45. The third-order valence-corrected chi connectivity index (χ3v) is 8.33. The molecule has 0 saturated carbocycles. The lowest BCUT2D eigenvalue weighted by molar-refractivity contribution is -0.125. The minimum Gasteiger partial charge on any atom is -0.497 e. The number of rotatable bonds is 6. The Balaban J connectivity index is 1.41. The predicted molar refractivity (Wildman–Crippen MR) is 147 cm³/mol. The van der Waals surface area contributed by atoms with Gasteiger partial charge in [-0.25, -0.2) is 0 Å². The number of anilines is 2. The summed E-state index contributed by atoms with van der Waals surface area (Å²) in [5.41, 5.74) is 2.26. The Hall–Kier alpha value is -3.49. The molecule has 1 saturated heterocycles. The van der Waals surface area contributed by atoms with Gasteiger partial charge in [0.15, 0.2) is 0 Å². The molecule has 1 atom stereocenters. The minimum atomic E-state index is -1.08. The van der Waals surface area contributed by atoms with Gasteiger partial charge in [-0.05, 0) is 61.0 Å². The number of hydrogen-bond acceptors (Lipinski definition) is 6. The molecule has 1 N–H and O–H groups in total. The van der Waals surface area contributed by atoms with E-state index in [9.17, 15) is 9.59 Å². The molecular weight excluding hydrogens is 486 g/mol. The van der Waals surface area contributed by atoms with Gasteiger partial charge in [-0.1, -0.05) is 24.3 Å². The van der Waals surface area contributed by atoms with Crippen molar-refractivity contribution in [1.29, 1.82) is 0 Å². The van der Waals surface area contributed by atoms with E-state index in [1.165, 1.54) is 11.8 Å². The van der Waals surface area contributed by atoms with Gasteiger partial charge in [-0.2, -0.15) is 0 Å². The number of carbonyl (C=O) groups excluding carboxylic acids is 2. The second-order valence-electron chi connectivity index (χ2n) is 9.40. The Morgan fingerprint density at radius 1 is 1.03 bits per heavy atom. The van der Waals surface area contributed by atoms with E-state index in [1.807, 2.05) is 79.7 Å². The van der Waals surface area contributed by atoms with Gasteiger partial charge in [-0.15, -0.1) is 11.8 Å². The lowest BCUT2D eigenvalue weighted by Gasteiger charge is -2.38. The van der Waals surface area contributed by atoms with Crippen LogP contribution in [-0.2, 0) is 16.1 Å². The van der Waals surface area contributed by atoms with Crippen molar-refractivity contribution in [1.82, 2.24) is 4.90 Å². The molecule has 7 nitrogen and oxygen atoms in total. The van der Waals surface area contributed by atoms with Crippen molar-refractivity contribution in [2.45, 2.75) is 23.9 Å². The number of amides is 2. The number of thioether (sulfide) groups is 1. The van der Waals surface area contributed by atoms with E-state index in [-0.39, 0.29) is 11.8 Å². The number of nitrogens with one attached hydrogen (secondary N) is 1. The molecule has 2 amide bonds. The smallest absolute Gasteiger partial charge is 0.256 e. The normalized spacial score (nSPS) is 19.7. The van der Waals surface area contributed by atoms with Crippen LogP contribution in [-0.4, -0.2) is 61.4 Å². The average molecular weight is 518 g/mol. The lowest BCUT2D eigenvalue weighted by atomic mass is 9.98. The Morgan fingerprint density at radius 2 is 1.73 bits per heavy atom. The Bertz CT molecular complexity index is 1260. The first-order valence-electron chi connectivity index (χ1n) is 12.4. The van der Waals surface area contributed by atoms with Crippen LogP contribution < -0.4 is 15.0 Å². The summed E-state index contributed by atoms with van der Waals surface area (Å²) < 4.78 is 10.7. The highest BCUT2D eigenvalue weighted by molar-refractivity contribution is 7.99. The topological polar surface area (TPSA) is 71.1 Å². The minimum absolute atomic E-state index is 0.156. The fourth-order valence-electron chi connectivity index (χ4n) is 4.63. The molecule has 0 bridgehead atoms. The molecule has 3 aromatic rings. The van der Waals surface area contributed by atoms with Gasteiger partial charge < -0.3 is 24.6 Å². The van der Waals surface area contributed by atoms with E-state index >= 15 is 0 Å². The van der Waals surface area contributed by atoms with Crippen molar-refractivity contribution in [3.8, 4) is 5.75 Å². The third kappa shape index (κ3) is 5.31. The number of hydrogen-bond donors (Lipinski definition) is 1. The third-order valence-electron chi connectivity index (χ3n) is 6.96. The zero-order valence-corrected chi connectivity index (χ0v) is 21.9. The molecule has 0 aromatic heterocycles. The van der Waals surface area contributed by atoms with Crippen molar-refractivity contribution in [3.05, 3.63) is 83.9 Å². The van der Waals surface area contributed by atoms with Gasteiger partial charge in [0, 0.05) is 41.7 Å². The zero-order chi connectivity index (χ0) is 25.8. The molecule has 1 fully saturated rings. The second kappa shape index (κ2) is 10.9. The fraction of sp³-hybridized carbons (Fsp3) is 0.310. The van der Waals surface area contributed by atoms with Crippen LogP contribution in [0.1, 0.15) is 22.8 Å². The Morgan fingerprint density at radius 3 is 2.43 bits per heavy atom. The van der Waals surface area contributed by atoms with Crippen molar-refractivity contribution in [2.24, 2.45) is 0 Å². The number of methoxy groups -OCH3 is 1. The molecular formula is C29H31N3O4S.